The Morgan fingerprint density at radius 1 is 1.06 bits per heavy atom. The smallest absolute Gasteiger partial charge is 0.329 e. The summed E-state index contributed by atoms with van der Waals surface area (Å²) in [4.78, 5) is 24.7. The molecule has 0 radical (unpaired) electrons. The molecule has 0 bridgehead atoms. The third-order valence-corrected chi connectivity index (χ3v) is 6.31. The average Bonchev–Trinajstić information content (AvgIpc) is 2.78. The fraction of sp³-hybridized carbons (Fsp3) is 0.364. The zero-order valence-electron chi connectivity index (χ0n) is 17.8. The number of hydrogen-bond acceptors (Lipinski definition) is 5. The number of carbonyl (C=O) groups excluding carboxylic acids is 2. The number of rotatable bonds is 7. The second-order valence-electron chi connectivity index (χ2n) is 7.92. The Kier molecular flexibility index (Phi) is 7.37. The molecule has 9 nitrogen and oxygen atoms in total. The number of nitrogens with two attached hydrogens (primary N) is 1. The lowest BCUT2D eigenvalue weighted by Gasteiger charge is -2.41. The van der Waals surface area contributed by atoms with Gasteiger partial charge in [0.1, 0.15) is 5.75 Å². The van der Waals surface area contributed by atoms with Gasteiger partial charge in [0.25, 0.3) is 16.1 Å². The van der Waals surface area contributed by atoms with Crippen molar-refractivity contribution < 1.29 is 22.7 Å². The Bertz CT molecular complexity index is 1050. The second kappa shape index (κ2) is 10.0. The number of carbonyl (C=O) groups is 2. The van der Waals surface area contributed by atoms with Crippen molar-refractivity contribution in [2.45, 2.75) is 37.1 Å². The molecule has 172 valence electrons. The lowest BCUT2D eigenvalue weighted by Crippen LogP contribution is -2.50. The summed E-state index contributed by atoms with van der Waals surface area (Å²) < 4.78 is 29.1. The maximum Gasteiger partial charge on any atom is 0.329 e. The Hall–Kier alpha value is -3.11. The first-order valence-electron chi connectivity index (χ1n) is 10.3. The van der Waals surface area contributed by atoms with Crippen molar-refractivity contribution in [3.8, 4) is 5.75 Å². The lowest BCUT2D eigenvalue weighted by atomic mass is 9.68. The standard InChI is InChI=1S/C22H28N4O5S/c1-31-19-10-6-5-9-18(19)20(27)24-15-22(16-7-3-2-4-8-16)13-11-17(12-14-22)25-21(28)26-32(23,29)30/h2-10,17H,11-15H2,1H3,(H,24,27)(H2,23,29,30)(H2,25,26,28)/t17-,22-. The zero-order valence-corrected chi connectivity index (χ0v) is 18.7. The van der Waals surface area contributed by atoms with Gasteiger partial charge in [-0.1, -0.05) is 42.5 Å². The highest BCUT2D eigenvalue weighted by Crippen LogP contribution is 2.39. The molecule has 1 aliphatic carbocycles. The maximum absolute atomic E-state index is 12.9. The minimum Gasteiger partial charge on any atom is -0.496 e. The summed E-state index contributed by atoms with van der Waals surface area (Å²) in [5, 5.41) is 10.6. The van der Waals surface area contributed by atoms with Crippen molar-refractivity contribution in [3.05, 3.63) is 65.7 Å². The van der Waals surface area contributed by atoms with Gasteiger partial charge < -0.3 is 15.4 Å². The van der Waals surface area contributed by atoms with Crippen LogP contribution in [-0.4, -0.2) is 40.1 Å². The first-order chi connectivity index (χ1) is 15.2. The highest BCUT2D eigenvalue weighted by Gasteiger charge is 2.38. The van der Waals surface area contributed by atoms with Gasteiger partial charge in [-0.2, -0.15) is 8.42 Å². The van der Waals surface area contributed by atoms with Crippen LogP contribution in [0, 0.1) is 0 Å². The molecular formula is C22H28N4O5S. The molecule has 1 aliphatic rings. The van der Waals surface area contributed by atoms with E-state index in [0.717, 1.165) is 5.56 Å². The van der Waals surface area contributed by atoms with Gasteiger partial charge in [-0.05, 0) is 43.4 Å². The fourth-order valence-electron chi connectivity index (χ4n) is 4.19. The topological polar surface area (TPSA) is 140 Å². The molecule has 3 amide bonds. The van der Waals surface area contributed by atoms with Gasteiger partial charge >= 0.3 is 6.03 Å². The van der Waals surface area contributed by atoms with Gasteiger partial charge in [-0.15, -0.1) is 0 Å². The van der Waals surface area contributed by atoms with Crippen LogP contribution in [0.25, 0.3) is 0 Å². The van der Waals surface area contributed by atoms with Gasteiger partial charge in [-0.3, -0.25) is 4.79 Å². The highest BCUT2D eigenvalue weighted by molar-refractivity contribution is 7.87. The summed E-state index contributed by atoms with van der Waals surface area (Å²) in [6, 6.07) is 16.0. The minimum atomic E-state index is -4.11. The van der Waals surface area contributed by atoms with Gasteiger partial charge in [0, 0.05) is 18.0 Å². The molecule has 0 atom stereocenters. The molecule has 0 unspecified atom stereocenters. The number of amides is 3. The normalized spacial score (nSPS) is 20.8. The molecule has 10 heteroatoms. The van der Waals surface area contributed by atoms with Crippen LogP contribution in [0.15, 0.2) is 54.6 Å². The van der Waals surface area contributed by atoms with E-state index in [1.54, 1.807) is 29.0 Å². The summed E-state index contributed by atoms with van der Waals surface area (Å²) in [5.41, 5.74) is 1.26. The number of ether oxygens (including phenoxy) is 1. The molecule has 2 aromatic carbocycles. The first-order valence-corrected chi connectivity index (χ1v) is 11.8. The third-order valence-electron chi connectivity index (χ3n) is 5.84. The first kappa shape index (κ1) is 23.6. The third kappa shape index (κ3) is 5.98. The van der Waals surface area contributed by atoms with Gasteiger partial charge in [0.05, 0.1) is 12.7 Å². The van der Waals surface area contributed by atoms with E-state index in [4.69, 9.17) is 9.88 Å². The molecule has 3 rings (SSSR count). The number of urea groups is 1. The number of para-hydroxylation sites is 1. The van der Waals surface area contributed by atoms with Crippen LogP contribution >= 0.6 is 0 Å². The second-order valence-corrected chi connectivity index (χ2v) is 9.22. The van der Waals surface area contributed by atoms with Crippen molar-refractivity contribution in [1.29, 1.82) is 0 Å². The maximum atomic E-state index is 12.9. The highest BCUT2D eigenvalue weighted by atomic mass is 32.2. The quantitative estimate of drug-likeness (QED) is 0.499. The molecule has 0 aromatic heterocycles. The van der Waals surface area contributed by atoms with E-state index in [1.165, 1.54) is 7.11 Å². The predicted octanol–water partition coefficient (Wildman–Crippen LogP) is 1.81. The Morgan fingerprint density at radius 3 is 2.31 bits per heavy atom. The molecule has 2 aromatic rings. The molecule has 32 heavy (non-hydrogen) atoms. The molecule has 0 spiro atoms. The SMILES string of the molecule is COc1ccccc1C(=O)NC[C@]1(c2ccccc2)CC[C@H](NC(=O)NS(N)(=O)=O)CC1. The molecular weight excluding hydrogens is 432 g/mol. The summed E-state index contributed by atoms with van der Waals surface area (Å²) in [5.74, 6) is 0.290. The van der Waals surface area contributed by atoms with Gasteiger partial charge in [0.15, 0.2) is 0 Å². The van der Waals surface area contributed by atoms with E-state index >= 15 is 0 Å². The lowest BCUT2D eigenvalue weighted by molar-refractivity contribution is 0.0932. The molecule has 1 fully saturated rings. The minimum absolute atomic E-state index is 0.196. The Morgan fingerprint density at radius 2 is 1.69 bits per heavy atom. The van der Waals surface area contributed by atoms with E-state index in [2.05, 4.69) is 10.6 Å². The van der Waals surface area contributed by atoms with Crippen molar-refractivity contribution in [1.82, 2.24) is 15.4 Å². The molecule has 0 heterocycles. The van der Waals surface area contributed by atoms with Crippen molar-refractivity contribution in [3.63, 3.8) is 0 Å². The van der Waals surface area contributed by atoms with E-state index < -0.39 is 16.2 Å². The fourth-order valence-corrected chi connectivity index (χ4v) is 4.51. The van der Waals surface area contributed by atoms with Gasteiger partial charge in [0.2, 0.25) is 0 Å². The summed E-state index contributed by atoms with van der Waals surface area (Å²) >= 11 is 0. The van der Waals surface area contributed by atoms with Crippen LogP contribution in [0.3, 0.4) is 0 Å². The molecule has 5 N–H and O–H groups in total. The van der Waals surface area contributed by atoms with E-state index in [9.17, 15) is 18.0 Å². The zero-order chi connectivity index (χ0) is 23.2. The number of methoxy groups -OCH3 is 1. The van der Waals surface area contributed by atoms with Crippen LogP contribution in [0.1, 0.15) is 41.6 Å². The number of nitrogens with one attached hydrogen (secondary N) is 3. The van der Waals surface area contributed by atoms with E-state index in [-0.39, 0.29) is 17.4 Å². The monoisotopic (exact) mass is 460 g/mol. The molecule has 0 saturated heterocycles. The van der Waals surface area contributed by atoms with Gasteiger partial charge in [-0.25, -0.2) is 14.7 Å². The number of benzene rings is 2. The summed E-state index contributed by atoms with van der Waals surface area (Å²) in [6.07, 6.45) is 2.64. The van der Waals surface area contributed by atoms with Crippen LogP contribution < -0.4 is 25.2 Å². The molecule has 1 saturated carbocycles. The van der Waals surface area contributed by atoms with Crippen LogP contribution in [0.5, 0.6) is 5.75 Å². The van der Waals surface area contributed by atoms with E-state index in [1.807, 2.05) is 30.3 Å². The van der Waals surface area contributed by atoms with Crippen LogP contribution in [0.4, 0.5) is 4.79 Å². The van der Waals surface area contributed by atoms with Crippen LogP contribution in [-0.2, 0) is 15.6 Å². The van der Waals surface area contributed by atoms with E-state index in [0.29, 0.717) is 43.5 Å². The Balaban J connectivity index is 1.71. The largest absolute Gasteiger partial charge is 0.496 e. The van der Waals surface area contributed by atoms with Crippen LogP contribution in [0.2, 0.25) is 0 Å². The predicted molar refractivity (Wildman–Crippen MR) is 120 cm³/mol. The van der Waals surface area contributed by atoms with Crippen molar-refractivity contribution in [2.75, 3.05) is 13.7 Å². The summed E-state index contributed by atoms with van der Waals surface area (Å²) in [7, 11) is -2.58. The molecule has 0 aliphatic heterocycles. The number of hydrogen-bond donors (Lipinski definition) is 4. The Labute approximate surface area is 187 Å². The average molecular weight is 461 g/mol. The van der Waals surface area contributed by atoms with Crippen molar-refractivity contribution in [2.24, 2.45) is 5.14 Å². The van der Waals surface area contributed by atoms with Crippen molar-refractivity contribution >= 4 is 22.1 Å². The summed E-state index contributed by atoms with van der Waals surface area (Å²) in [6.45, 7) is 0.421.